The smallest absolute Gasteiger partial charge is 0.0702 e. The van der Waals surface area contributed by atoms with Gasteiger partial charge >= 0.3 is 0 Å². The first-order valence-electron chi connectivity index (χ1n) is 18.3. The molecular weight excluding hydrogens is 627 g/mol. The Hall–Kier alpha value is -6.05. The molecule has 1 aromatic heterocycles. The summed E-state index contributed by atoms with van der Waals surface area (Å²) in [6.45, 7) is 22.1. The average Bonchev–Trinajstić information content (AvgIpc) is 3.21. The molecule has 0 aliphatic heterocycles. The van der Waals surface area contributed by atoms with Gasteiger partial charge in [-0.2, -0.15) is 0 Å². The van der Waals surface area contributed by atoms with Gasteiger partial charge in [-0.1, -0.05) is 180 Å². The minimum Gasteiger partial charge on any atom is -0.256 e. The summed E-state index contributed by atoms with van der Waals surface area (Å²) in [5.74, 6) is 0.386. The highest BCUT2D eigenvalue weighted by molar-refractivity contribution is 6.12. The molecule has 0 saturated carbocycles. The molecule has 1 heteroatoms. The van der Waals surface area contributed by atoms with Gasteiger partial charge < -0.3 is 0 Å². The second kappa shape index (κ2) is 15.1. The molecule has 0 saturated heterocycles. The Morgan fingerprint density at radius 1 is 0.615 bits per heavy atom. The van der Waals surface area contributed by atoms with E-state index in [0.717, 1.165) is 78.9 Å². The van der Waals surface area contributed by atoms with E-state index in [9.17, 15) is 0 Å². The molecule has 0 N–H and O–H groups in total. The Bertz CT molecular complexity index is 2460. The van der Waals surface area contributed by atoms with Crippen LogP contribution in [0.1, 0.15) is 55.4 Å². The lowest BCUT2D eigenvalue weighted by atomic mass is 9.80. The lowest BCUT2D eigenvalue weighted by molar-refractivity contribution is 0.611. The number of aromatic nitrogens is 1. The molecule has 0 aliphatic carbocycles. The van der Waals surface area contributed by atoms with Gasteiger partial charge in [0.1, 0.15) is 0 Å². The van der Waals surface area contributed by atoms with Gasteiger partial charge in [0.2, 0.25) is 0 Å². The third-order valence-corrected chi connectivity index (χ3v) is 10.5. The molecule has 1 heterocycles. The zero-order valence-corrected chi connectivity index (χ0v) is 30.3. The summed E-state index contributed by atoms with van der Waals surface area (Å²) in [6, 6.07) is 43.3. The van der Waals surface area contributed by atoms with E-state index in [-0.39, 0.29) is 0 Å². The van der Waals surface area contributed by atoms with Crippen molar-refractivity contribution in [3.63, 3.8) is 0 Å². The third kappa shape index (κ3) is 6.35. The summed E-state index contributed by atoms with van der Waals surface area (Å²) in [4.78, 5) is 4.86. The quantitative estimate of drug-likeness (QED) is 0.126. The SMILES string of the molecule is C=Cc1c(C(=C)C(C)CCCC)cccc1-c1c(C=C)c(C=C)c(-c2ccc(-c3ccc(-c4ccc5ccccc5c4)nc3)cc2)c2ccccc12. The largest absolute Gasteiger partial charge is 0.256 e. The molecule has 0 fully saturated rings. The molecule has 7 aromatic rings. The maximum Gasteiger partial charge on any atom is 0.0702 e. The van der Waals surface area contributed by atoms with Crippen molar-refractivity contribution >= 4 is 45.3 Å². The van der Waals surface area contributed by atoms with Gasteiger partial charge in [-0.05, 0) is 102 Å². The Morgan fingerprint density at radius 3 is 1.90 bits per heavy atom. The van der Waals surface area contributed by atoms with Gasteiger partial charge in [0, 0.05) is 17.3 Å². The minimum absolute atomic E-state index is 0.386. The van der Waals surface area contributed by atoms with E-state index in [4.69, 9.17) is 4.98 Å². The third-order valence-electron chi connectivity index (χ3n) is 10.5. The van der Waals surface area contributed by atoms with Crippen molar-refractivity contribution < 1.29 is 0 Å². The monoisotopic (exact) mass is 671 g/mol. The van der Waals surface area contributed by atoms with Gasteiger partial charge in [0.15, 0.2) is 0 Å². The van der Waals surface area contributed by atoms with Gasteiger partial charge in [0.25, 0.3) is 0 Å². The fourth-order valence-electron chi connectivity index (χ4n) is 7.65. The summed E-state index contributed by atoms with van der Waals surface area (Å²) < 4.78 is 0. The molecule has 1 nitrogen and oxygen atoms in total. The van der Waals surface area contributed by atoms with E-state index >= 15 is 0 Å². The molecule has 52 heavy (non-hydrogen) atoms. The summed E-state index contributed by atoms with van der Waals surface area (Å²) in [6.07, 6.45) is 11.4. The topological polar surface area (TPSA) is 12.9 Å². The fraction of sp³-hybridized carbons (Fsp3) is 0.118. The van der Waals surface area contributed by atoms with Gasteiger partial charge in [0.05, 0.1) is 5.69 Å². The number of hydrogen-bond donors (Lipinski definition) is 0. The number of nitrogens with zero attached hydrogens (tertiary/aromatic N) is 1. The molecule has 0 amide bonds. The van der Waals surface area contributed by atoms with E-state index in [0.29, 0.717) is 5.92 Å². The Labute approximate surface area is 309 Å². The molecule has 0 aliphatic rings. The van der Waals surface area contributed by atoms with Crippen molar-refractivity contribution in [2.45, 2.75) is 33.1 Å². The Morgan fingerprint density at radius 2 is 1.23 bits per heavy atom. The van der Waals surface area contributed by atoms with Crippen LogP contribution in [0.15, 0.2) is 154 Å². The molecule has 1 unspecified atom stereocenters. The van der Waals surface area contributed by atoms with Crippen molar-refractivity contribution in [3.05, 3.63) is 176 Å². The molecule has 254 valence electrons. The number of unbranched alkanes of at least 4 members (excludes halogenated alkanes) is 1. The number of hydrogen-bond acceptors (Lipinski definition) is 1. The van der Waals surface area contributed by atoms with Crippen molar-refractivity contribution in [1.29, 1.82) is 0 Å². The maximum absolute atomic E-state index is 4.86. The van der Waals surface area contributed by atoms with Crippen LogP contribution < -0.4 is 0 Å². The normalized spacial score (nSPS) is 11.7. The van der Waals surface area contributed by atoms with Crippen LogP contribution >= 0.6 is 0 Å². The van der Waals surface area contributed by atoms with Crippen LogP contribution in [0.5, 0.6) is 0 Å². The number of benzene rings is 6. The number of allylic oxidation sites excluding steroid dienone is 1. The van der Waals surface area contributed by atoms with Crippen molar-refractivity contribution in [1.82, 2.24) is 4.98 Å². The van der Waals surface area contributed by atoms with E-state index in [1.165, 1.54) is 34.4 Å². The number of rotatable bonds is 12. The van der Waals surface area contributed by atoms with Crippen LogP contribution in [0.3, 0.4) is 0 Å². The first-order valence-corrected chi connectivity index (χ1v) is 18.3. The van der Waals surface area contributed by atoms with Crippen LogP contribution in [0, 0.1) is 5.92 Å². The van der Waals surface area contributed by atoms with Crippen molar-refractivity contribution in [2.75, 3.05) is 0 Å². The molecule has 1 atom stereocenters. The standard InChI is InChI=1S/C51H45N/c1-7-11-17-34(5)35(6)45-22-16-23-46(42(45)8-2)51-44(10-4)43(9-3)50(47-20-14-15-21-48(47)51)38-27-24-37(25-28-38)41-30-31-49(52-33-41)40-29-26-36-18-12-13-19-39(36)32-40/h8-10,12-16,18-34H,2-4,6-7,11,17H2,1,5H3. The molecule has 7 rings (SSSR count). The number of pyridine rings is 1. The predicted molar refractivity (Wildman–Crippen MR) is 229 cm³/mol. The summed E-state index contributed by atoms with van der Waals surface area (Å²) in [5.41, 5.74) is 14.4. The second-order valence-electron chi connectivity index (χ2n) is 13.6. The molecule has 0 spiro atoms. The van der Waals surface area contributed by atoms with Crippen molar-refractivity contribution in [3.8, 4) is 44.6 Å². The van der Waals surface area contributed by atoms with Crippen LogP contribution in [-0.4, -0.2) is 4.98 Å². The Balaban J connectivity index is 1.30. The first-order chi connectivity index (χ1) is 25.5. The number of fused-ring (bicyclic) bond motifs is 2. The molecule has 0 radical (unpaired) electrons. The highest BCUT2D eigenvalue weighted by atomic mass is 14.7. The Kier molecular flexibility index (Phi) is 9.96. The zero-order chi connectivity index (χ0) is 36.2. The lowest BCUT2D eigenvalue weighted by Crippen LogP contribution is -2.02. The highest BCUT2D eigenvalue weighted by Crippen LogP contribution is 2.46. The summed E-state index contributed by atoms with van der Waals surface area (Å²) in [5, 5.41) is 4.78. The van der Waals surface area contributed by atoms with Crippen LogP contribution in [-0.2, 0) is 0 Å². The first kappa shape index (κ1) is 34.4. The van der Waals surface area contributed by atoms with E-state index in [1.54, 1.807) is 0 Å². The molecule has 6 aromatic carbocycles. The lowest BCUT2D eigenvalue weighted by Gasteiger charge is -2.23. The van der Waals surface area contributed by atoms with E-state index < -0.39 is 0 Å². The summed E-state index contributed by atoms with van der Waals surface area (Å²) >= 11 is 0. The zero-order valence-electron chi connectivity index (χ0n) is 30.3. The van der Waals surface area contributed by atoms with Crippen LogP contribution in [0.4, 0.5) is 0 Å². The average molecular weight is 672 g/mol. The van der Waals surface area contributed by atoms with Gasteiger partial charge in [-0.3, -0.25) is 4.98 Å². The van der Waals surface area contributed by atoms with Crippen LogP contribution in [0.25, 0.3) is 90.0 Å². The predicted octanol–water partition coefficient (Wildman–Crippen LogP) is 14.8. The molecule has 0 bridgehead atoms. The maximum atomic E-state index is 4.86. The second-order valence-corrected chi connectivity index (χ2v) is 13.6. The van der Waals surface area contributed by atoms with E-state index in [2.05, 4.69) is 161 Å². The fourth-order valence-corrected chi connectivity index (χ4v) is 7.65. The highest BCUT2D eigenvalue weighted by Gasteiger charge is 2.22. The van der Waals surface area contributed by atoms with Gasteiger partial charge in [-0.15, -0.1) is 0 Å². The van der Waals surface area contributed by atoms with Crippen molar-refractivity contribution in [2.24, 2.45) is 5.92 Å². The summed E-state index contributed by atoms with van der Waals surface area (Å²) in [7, 11) is 0. The van der Waals surface area contributed by atoms with E-state index in [1.807, 2.05) is 24.4 Å². The molecular formula is C51H45N. The van der Waals surface area contributed by atoms with Crippen LogP contribution in [0.2, 0.25) is 0 Å². The van der Waals surface area contributed by atoms with Gasteiger partial charge in [-0.25, -0.2) is 0 Å². The minimum atomic E-state index is 0.386.